The number of hydrogen-bond acceptors (Lipinski definition) is 5. The van der Waals surface area contributed by atoms with Crippen molar-refractivity contribution in [1.82, 2.24) is 14.5 Å². The van der Waals surface area contributed by atoms with E-state index in [1.54, 1.807) is 23.1 Å². The molecule has 0 radical (unpaired) electrons. The Labute approximate surface area is 247 Å². The highest BCUT2D eigenvalue weighted by molar-refractivity contribution is 7.88. The van der Waals surface area contributed by atoms with Gasteiger partial charge in [0, 0.05) is 44.0 Å². The molecule has 1 N–H and O–H groups in total. The smallest absolute Gasteiger partial charge is 0.410 e. The molecule has 0 spiro atoms. The maximum absolute atomic E-state index is 14.3. The van der Waals surface area contributed by atoms with Crippen molar-refractivity contribution in [2.24, 2.45) is 0 Å². The van der Waals surface area contributed by atoms with Gasteiger partial charge in [0.2, 0.25) is 10.0 Å². The molecule has 0 saturated heterocycles. The molecular weight excluding hydrogens is 565 g/mol. The van der Waals surface area contributed by atoms with Crippen molar-refractivity contribution in [2.75, 3.05) is 19.3 Å². The van der Waals surface area contributed by atoms with E-state index in [0.717, 1.165) is 28.5 Å². The first-order valence-electron chi connectivity index (χ1n) is 13.5. The van der Waals surface area contributed by atoms with Gasteiger partial charge in [0.15, 0.2) is 0 Å². The minimum Gasteiger partial charge on any atom is -0.444 e. The van der Waals surface area contributed by atoms with E-state index in [2.05, 4.69) is 4.72 Å². The molecule has 1 heterocycles. The predicted molar refractivity (Wildman–Crippen MR) is 159 cm³/mol. The van der Waals surface area contributed by atoms with Gasteiger partial charge in [0.05, 0.1) is 11.9 Å². The van der Waals surface area contributed by atoms with Gasteiger partial charge in [-0.2, -0.15) is 4.72 Å². The topological polar surface area (TPSA) is 79.0 Å². The summed E-state index contributed by atoms with van der Waals surface area (Å²) in [5, 5.41) is 0.570. The lowest BCUT2D eigenvalue weighted by molar-refractivity contribution is 0.0106. The molecule has 4 rings (SSSR count). The van der Waals surface area contributed by atoms with E-state index in [9.17, 15) is 17.6 Å². The number of sulfonamides is 1. The van der Waals surface area contributed by atoms with E-state index in [-0.39, 0.29) is 18.8 Å². The van der Waals surface area contributed by atoms with Crippen molar-refractivity contribution in [1.29, 1.82) is 0 Å². The number of nitrogens with zero attached hydrogens (tertiary/aromatic N) is 2. The quantitative estimate of drug-likeness (QED) is 0.337. The summed E-state index contributed by atoms with van der Waals surface area (Å²) in [4.78, 5) is 17.0. The average Bonchev–Trinajstić information content (AvgIpc) is 2.86. The highest BCUT2D eigenvalue weighted by atomic mass is 35.5. The summed E-state index contributed by atoms with van der Waals surface area (Å²) in [7, 11) is -3.70. The summed E-state index contributed by atoms with van der Waals surface area (Å²) in [5.74, 6) is -0.379. The van der Waals surface area contributed by atoms with Crippen LogP contribution >= 0.6 is 11.6 Å². The molecule has 1 amide bonds. The van der Waals surface area contributed by atoms with Gasteiger partial charge < -0.3 is 9.64 Å². The van der Waals surface area contributed by atoms with E-state index < -0.39 is 27.4 Å². The Bertz CT molecular complexity index is 1460. The molecule has 41 heavy (non-hydrogen) atoms. The number of benzene rings is 3. The summed E-state index contributed by atoms with van der Waals surface area (Å²) in [5.41, 5.74) is 1.65. The van der Waals surface area contributed by atoms with Crippen LogP contribution in [-0.4, -0.2) is 54.9 Å². The van der Waals surface area contributed by atoms with Crippen LogP contribution < -0.4 is 4.72 Å². The zero-order valence-corrected chi connectivity index (χ0v) is 25.4. The molecular formula is C31H37ClFN3O4S. The van der Waals surface area contributed by atoms with Crippen LogP contribution in [0.25, 0.3) is 0 Å². The Hall–Kier alpha value is -2.98. The number of carbonyl (C=O) groups is 1. The van der Waals surface area contributed by atoms with Crippen LogP contribution in [-0.2, 0) is 40.7 Å². The number of fused-ring (bicyclic) bond motifs is 1. The number of nitrogens with one attached hydrogen (secondary N) is 1. The summed E-state index contributed by atoms with van der Waals surface area (Å²) < 4.78 is 48.5. The van der Waals surface area contributed by atoms with E-state index in [4.69, 9.17) is 16.3 Å². The van der Waals surface area contributed by atoms with Crippen molar-refractivity contribution in [3.63, 3.8) is 0 Å². The largest absolute Gasteiger partial charge is 0.444 e. The lowest BCUT2D eigenvalue weighted by atomic mass is 9.85. The van der Waals surface area contributed by atoms with Crippen LogP contribution in [0.1, 0.15) is 43.0 Å². The van der Waals surface area contributed by atoms with E-state index in [1.807, 2.05) is 68.1 Å². The predicted octanol–water partition coefficient (Wildman–Crippen LogP) is 5.76. The maximum atomic E-state index is 14.3. The first-order valence-corrected chi connectivity index (χ1v) is 15.8. The Morgan fingerprint density at radius 2 is 1.73 bits per heavy atom. The van der Waals surface area contributed by atoms with Gasteiger partial charge in [0.1, 0.15) is 11.4 Å². The SMILES string of the molecule is CC(C)(C)OC(=O)N(CCN1Cc2ccc(F)cc2CC1(Cc1ccc(Cl)cc1)NS(C)(=O)=O)Cc1ccccc1. The number of amides is 1. The second-order valence-corrected chi connectivity index (χ2v) is 13.8. The van der Waals surface area contributed by atoms with Gasteiger partial charge in [0.25, 0.3) is 0 Å². The Kier molecular flexibility index (Phi) is 9.43. The van der Waals surface area contributed by atoms with Crippen LogP contribution in [0.5, 0.6) is 0 Å². The lowest BCUT2D eigenvalue weighted by Crippen LogP contribution is -2.65. The van der Waals surface area contributed by atoms with Gasteiger partial charge in [-0.1, -0.05) is 60.1 Å². The third-order valence-corrected chi connectivity index (χ3v) is 7.91. The molecule has 10 heteroatoms. The molecule has 3 aromatic carbocycles. The average molecular weight is 602 g/mol. The van der Waals surface area contributed by atoms with E-state index >= 15 is 0 Å². The minimum atomic E-state index is -3.70. The number of rotatable bonds is 9. The Morgan fingerprint density at radius 1 is 1.05 bits per heavy atom. The zero-order valence-electron chi connectivity index (χ0n) is 23.9. The van der Waals surface area contributed by atoms with Crippen LogP contribution in [0.4, 0.5) is 9.18 Å². The monoisotopic (exact) mass is 601 g/mol. The van der Waals surface area contributed by atoms with Crippen LogP contribution in [0.3, 0.4) is 0 Å². The van der Waals surface area contributed by atoms with E-state index in [1.165, 1.54) is 12.1 Å². The molecule has 0 saturated carbocycles. The van der Waals surface area contributed by atoms with Crippen molar-refractivity contribution in [3.05, 3.63) is 106 Å². The minimum absolute atomic E-state index is 0.237. The van der Waals surface area contributed by atoms with E-state index in [0.29, 0.717) is 31.1 Å². The van der Waals surface area contributed by atoms with Gasteiger partial charge in [-0.3, -0.25) is 4.90 Å². The highest BCUT2D eigenvalue weighted by Crippen LogP contribution is 2.34. The van der Waals surface area contributed by atoms with Crippen molar-refractivity contribution < 1.29 is 22.3 Å². The second-order valence-electron chi connectivity index (χ2n) is 11.6. The standard InChI is InChI=1S/C31H37ClFN3O4S/c1-30(2,3)40-29(37)35(21-24-8-6-5-7-9-24)16-17-36-22-25-12-15-28(33)18-26(25)20-31(36,34-41(4,38)39)19-23-10-13-27(32)14-11-23/h5-15,18,34H,16-17,19-22H2,1-4H3. The fraction of sp³-hybridized carbons (Fsp3) is 0.387. The van der Waals surface area contributed by atoms with Crippen LogP contribution in [0, 0.1) is 5.82 Å². The van der Waals surface area contributed by atoms with Crippen molar-refractivity contribution in [3.8, 4) is 0 Å². The molecule has 1 aliphatic rings. The molecule has 0 fully saturated rings. The Balaban J connectivity index is 1.71. The first-order chi connectivity index (χ1) is 19.2. The van der Waals surface area contributed by atoms with Crippen LogP contribution in [0.15, 0.2) is 72.8 Å². The van der Waals surface area contributed by atoms with Gasteiger partial charge in [-0.05, 0) is 67.3 Å². The van der Waals surface area contributed by atoms with Crippen LogP contribution in [0.2, 0.25) is 5.02 Å². The summed E-state index contributed by atoms with van der Waals surface area (Å²) in [6.45, 7) is 6.75. The molecule has 3 aromatic rings. The molecule has 1 aliphatic heterocycles. The van der Waals surface area contributed by atoms with Gasteiger partial charge in [-0.25, -0.2) is 17.6 Å². The fourth-order valence-electron chi connectivity index (χ4n) is 5.19. The molecule has 0 aromatic heterocycles. The number of halogens is 2. The van der Waals surface area contributed by atoms with Gasteiger partial charge in [-0.15, -0.1) is 0 Å². The maximum Gasteiger partial charge on any atom is 0.410 e. The normalized spacial score (nSPS) is 17.6. The number of carbonyl (C=O) groups excluding carboxylic acids is 1. The summed E-state index contributed by atoms with van der Waals surface area (Å²) in [6, 6.07) is 21.5. The lowest BCUT2D eigenvalue weighted by Gasteiger charge is -2.48. The Morgan fingerprint density at radius 3 is 2.37 bits per heavy atom. The summed E-state index contributed by atoms with van der Waals surface area (Å²) >= 11 is 6.12. The number of ether oxygens (including phenoxy) is 1. The van der Waals surface area contributed by atoms with Crippen molar-refractivity contribution >= 4 is 27.7 Å². The van der Waals surface area contributed by atoms with Crippen molar-refractivity contribution in [2.45, 2.75) is 58.0 Å². The number of hydrogen-bond donors (Lipinski definition) is 1. The summed E-state index contributed by atoms with van der Waals surface area (Å²) in [6.07, 6.45) is 1.21. The highest BCUT2D eigenvalue weighted by Gasteiger charge is 2.43. The fourth-order valence-corrected chi connectivity index (χ4v) is 6.28. The molecule has 0 aliphatic carbocycles. The molecule has 1 atom stereocenters. The third-order valence-electron chi connectivity index (χ3n) is 6.91. The third kappa shape index (κ3) is 8.75. The molecule has 7 nitrogen and oxygen atoms in total. The molecule has 0 bridgehead atoms. The molecule has 1 unspecified atom stereocenters. The van der Waals surface area contributed by atoms with Gasteiger partial charge >= 0.3 is 6.09 Å². The first kappa shape index (κ1) is 31.0. The molecule has 220 valence electrons. The second kappa shape index (κ2) is 12.5. The zero-order chi connectivity index (χ0) is 29.8.